The van der Waals surface area contributed by atoms with E-state index in [4.69, 9.17) is 10.5 Å². The zero-order valence-corrected chi connectivity index (χ0v) is 11.4. The quantitative estimate of drug-likeness (QED) is 0.688. The van der Waals surface area contributed by atoms with Crippen molar-refractivity contribution in [2.45, 2.75) is 16.0 Å². The highest BCUT2D eigenvalue weighted by molar-refractivity contribution is 8.01. The van der Waals surface area contributed by atoms with Crippen molar-refractivity contribution in [1.82, 2.24) is 4.98 Å². The molecule has 0 aliphatic heterocycles. The Labute approximate surface area is 113 Å². The third-order valence-corrected chi connectivity index (χ3v) is 4.23. The molecule has 18 heavy (non-hydrogen) atoms. The van der Waals surface area contributed by atoms with Gasteiger partial charge in [-0.1, -0.05) is 23.9 Å². The molecule has 1 aromatic carbocycles. The number of hydrogen-bond donors (Lipinski definition) is 1. The molecule has 0 atom stereocenters. The molecule has 2 aromatic rings. The number of aromatic nitrogens is 1. The Morgan fingerprint density at radius 1 is 1.50 bits per heavy atom. The average molecular weight is 280 g/mol. The first kappa shape index (κ1) is 12.9. The first-order chi connectivity index (χ1) is 8.70. The molecule has 0 unspecified atom stereocenters. The molecular weight excluding hydrogens is 268 g/mol. The average Bonchev–Trinajstić information content (AvgIpc) is 2.81. The first-order valence-electron chi connectivity index (χ1n) is 5.36. The molecule has 6 heteroatoms. The van der Waals surface area contributed by atoms with Crippen LogP contribution in [0.4, 0.5) is 5.69 Å². The minimum Gasteiger partial charge on any atom is -0.461 e. The Bertz CT molecular complexity index is 555. The lowest BCUT2D eigenvalue weighted by Gasteiger charge is -2.01. The van der Waals surface area contributed by atoms with Gasteiger partial charge in [0.25, 0.3) is 0 Å². The van der Waals surface area contributed by atoms with Gasteiger partial charge in [-0.05, 0) is 19.1 Å². The highest BCUT2D eigenvalue weighted by atomic mass is 32.2. The van der Waals surface area contributed by atoms with Crippen LogP contribution in [0.1, 0.15) is 16.7 Å². The number of hydrogen-bond acceptors (Lipinski definition) is 6. The minimum atomic E-state index is -0.379. The van der Waals surface area contributed by atoms with Crippen LogP contribution in [-0.4, -0.2) is 17.6 Å². The lowest BCUT2D eigenvalue weighted by Crippen LogP contribution is -2.03. The van der Waals surface area contributed by atoms with E-state index in [2.05, 4.69) is 4.98 Å². The maximum Gasteiger partial charge on any atom is 0.367 e. The molecule has 1 heterocycles. The second-order valence-corrected chi connectivity index (χ2v) is 5.72. The molecule has 0 radical (unpaired) electrons. The number of rotatable bonds is 4. The smallest absolute Gasteiger partial charge is 0.367 e. The Morgan fingerprint density at radius 2 is 2.28 bits per heavy atom. The molecule has 1 aromatic heterocycles. The third kappa shape index (κ3) is 3.02. The van der Waals surface area contributed by atoms with Gasteiger partial charge in [0, 0.05) is 10.6 Å². The summed E-state index contributed by atoms with van der Waals surface area (Å²) in [7, 11) is 0. The van der Waals surface area contributed by atoms with Gasteiger partial charge in [-0.2, -0.15) is 0 Å². The van der Waals surface area contributed by atoms with Crippen molar-refractivity contribution in [3.05, 3.63) is 35.5 Å². The Balaban J connectivity index is 2.12. The Morgan fingerprint density at radius 3 is 3.00 bits per heavy atom. The van der Waals surface area contributed by atoms with E-state index in [1.807, 2.05) is 24.3 Å². The van der Waals surface area contributed by atoms with E-state index in [-0.39, 0.29) is 5.97 Å². The van der Waals surface area contributed by atoms with Crippen molar-refractivity contribution in [2.24, 2.45) is 0 Å². The molecule has 2 rings (SSSR count). The molecule has 0 saturated carbocycles. The molecule has 2 N–H and O–H groups in total. The number of nitrogens with zero attached hydrogens (tertiary/aromatic N) is 1. The van der Waals surface area contributed by atoms with E-state index in [9.17, 15) is 4.79 Å². The number of nitrogen functional groups attached to an aromatic ring is 1. The standard InChI is InChI=1S/C12H12N2O2S2/c1-2-16-12(15)11-14-7-10(18-11)17-9-6-4-3-5-8(9)13/h3-7H,2,13H2,1H3. The van der Waals surface area contributed by atoms with Crippen LogP contribution >= 0.6 is 23.1 Å². The number of thiazole rings is 1. The van der Waals surface area contributed by atoms with E-state index in [1.54, 1.807) is 13.1 Å². The number of carbonyl (C=O) groups excluding carboxylic acids is 1. The lowest BCUT2D eigenvalue weighted by molar-refractivity contribution is 0.0526. The summed E-state index contributed by atoms with van der Waals surface area (Å²) in [5, 5.41) is 0.369. The highest BCUT2D eigenvalue weighted by Gasteiger charge is 2.13. The van der Waals surface area contributed by atoms with Gasteiger partial charge in [-0.3, -0.25) is 0 Å². The summed E-state index contributed by atoms with van der Waals surface area (Å²) in [6, 6.07) is 7.58. The van der Waals surface area contributed by atoms with Crippen molar-refractivity contribution in [1.29, 1.82) is 0 Å². The van der Waals surface area contributed by atoms with Crippen LogP contribution in [0.5, 0.6) is 0 Å². The van der Waals surface area contributed by atoms with Crippen molar-refractivity contribution in [3.63, 3.8) is 0 Å². The van der Waals surface area contributed by atoms with Crippen LogP contribution in [0.15, 0.2) is 39.6 Å². The van der Waals surface area contributed by atoms with Crippen LogP contribution in [0, 0.1) is 0 Å². The van der Waals surface area contributed by atoms with Crippen LogP contribution in [-0.2, 0) is 4.74 Å². The predicted molar refractivity (Wildman–Crippen MR) is 73.0 cm³/mol. The minimum absolute atomic E-state index is 0.354. The second kappa shape index (κ2) is 5.88. The summed E-state index contributed by atoms with van der Waals surface area (Å²) in [6.45, 7) is 2.12. The highest BCUT2D eigenvalue weighted by Crippen LogP contribution is 2.35. The van der Waals surface area contributed by atoms with E-state index in [0.29, 0.717) is 17.3 Å². The van der Waals surface area contributed by atoms with Crippen LogP contribution in [0.2, 0.25) is 0 Å². The molecule has 0 bridgehead atoms. The van der Waals surface area contributed by atoms with Gasteiger partial charge >= 0.3 is 5.97 Å². The number of ether oxygens (including phenoxy) is 1. The number of esters is 1. The fourth-order valence-electron chi connectivity index (χ4n) is 1.28. The molecule has 0 aliphatic carbocycles. The van der Waals surface area contributed by atoms with Crippen molar-refractivity contribution in [2.75, 3.05) is 12.3 Å². The molecule has 94 valence electrons. The van der Waals surface area contributed by atoms with Crippen molar-refractivity contribution < 1.29 is 9.53 Å². The van der Waals surface area contributed by atoms with Gasteiger partial charge < -0.3 is 10.5 Å². The summed E-state index contributed by atoms with van der Waals surface area (Å²) >= 11 is 2.80. The van der Waals surface area contributed by atoms with Gasteiger partial charge in [-0.15, -0.1) is 11.3 Å². The number of benzene rings is 1. The first-order valence-corrected chi connectivity index (χ1v) is 6.99. The molecule has 0 fully saturated rings. The molecule has 0 spiro atoms. The van der Waals surface area contributed by atoms with E-state index in [1.165, 1.54) is 23.1 Å². The zero-order chi connectivity index (χ0) is 13.0. The molecule has 4 nitrogen and oxygen atoms in total. The van der Waals surface area contributed by atoms with Crippen LogP contribution in [0.3, 0.4) is 0 Å². The van der Waals surface area contributed by atoms with Gasteiger partial charge in [0.15, 0.2) is 0 Å². The normalized spacial score (nSPS) is 10.3. The Hall–Kier alpha value is -1.53. The van der Waals surface area contributed by atoms with Crippen molar-refractivity contribution in [3.8, 4) is 0 Å². The molecule has 0 amide bonds. The predicted octanol–water partition coefficient (Wildman–Crippen LogP) is 3.05. The Kier molecular flexibility index (Phi) is 4.22. The summed E-state index contributed by atoms with van der Waals surface area (Å²) in [4.78, 5) is 16.5. The number of para-hydroxylation sites is 1. The van der Waals surface area contributed by atoms with Gasteiger partial charge in [0.2, 0.25) is 5.01 Å². The second-order valence-electron chi connectivity index (χ2n) is 3.34. The van der Waals surface area contributed by atoms with Gasteiger partial charge in [-0.25, -0.2) is 9.78 Å². The fourth-order valence-corrected chi connectivity index (χ4v) is 3.15. The number of nitrogens with two attached hydrogens (primary N) is 1. The lowest BCUT2D eigenvalue weighted by atomic mass is 10.3. The van der Waals surface area contributed by atoms with Gasteiger partial charge in [0.1, 0.15) is 0 Å². The summed E-state index contributed by atoms with van der Waals surface area (Å²) in [5.41, 5.74) is 6.57. The molecule has 0 saturated heterocycles. The van der Waals surface area contributed by atoms with Crippen molar-refractivity contribution >= 4 is 34.8 Å². The fraction of sp³-hybridized carbons (Fsp3) is 0.167. The van der Waals surface area contributed by atoms with Crippen LogP contribution in [0.25, 0.3) is 0 Å². The van der Waals surface area contributed by atoms with Crippen LogP contribution < -0.4 is 5.73 Å². The molecule has 0 aliphatic rings. The third-order valence-electron chi connectivity index (χ3n) is 2.06. The largest absolute Gasteiger partial charge is 0.461 e. The number of carbonyl (C=O) groups is 1. The summed E-state index contributed by atoms with van der Waals surface area (Å²) < 4.78 is 5.80. The van der Waals surface area contributed by atoms with E-state index < -0.39 is 0 Å². The summed E-state index contributed by atoms with van der Waals surface area (Å²) in [5.74, 6) is -0.379. The van der Waals surface area contributed by atoms with E-state index >= 15 is 0 Å². The maximum absolute atomic E-state index is 11.5. The topological polar surface area (TPSA) is 65.2 Å². The monoisotopic (exact) mass is 280 g/mol. The zero-order valence-electron chi connectivity index (χ0n) is 9.75. The number of anilines is 1. The molecular formula is C12H12N2O2S2. The maximum atomic E-state index is 11.5. The van der Waals surface area contributed by atoms with E-state index in [0.717, 1.165) is 9.10 Å². The van der Waals surface area contributed by atoms with Gasteiger partial charge in [0.05, 0.1) is 17.0 Å². The SMILES string of the molecule is CCOC(=O)c1ncc(Sc2ccccc2N)s1. The summed E-state index contributed by atoms with van der Waals surface area (Å²) in [6.07, 6.45) is 1.66.